The van der Waals surface area contributed by atoms with Crippen molar-refractivity contribution in [1.29, 1.82) is 0 Å². The first-order valence-electron chi connectivity index (χ1n) is 8.32. The van der Waals surface area contributed by atoms with Crippen LogP contribution in [-0.2, 0) is 20.4 Å². The summed E-state index contributed by atoms with van der Waals surface area (Å²) in [6.07, 6.45) is 6.35. The van der Waals surface area contributed by atoms with Crippen molar-refractivity contribution in [2.75, 3.05) is 25.9 Å². The van der Waals surface area contributed by atoms with Crippen LogP contribution in [0.25, 0.3) is 0 Å². The summed E-state index contributed by atoms with van der Waals surface area (Å²) < 4.78 is 34.9. The van der Waals surface area contributed by atoms with Gasteiger partial charge in [-0.3, -0.25) is 4.79 Å². The quantitative estimate of drug-likeness (QED) is 0.767. The Hall–Kier alpha value is -2.10. The maximum atomic E-state index is 12.5. The molecule has 2 N–H and O–H groups in total. The molecule has 2 aromatic heterocycles. The molecule has 0 spiro atoms. The van der Waals surface area contributed by atoms with Crippen LogP contribution in [0.1, 0.15) is 24.2 Å². The van der Waals surface area contributed by atoms with Gasteiger partial charge in [0.1, 0.15) is 5.76 Å². The van der Waals surface area contributed by atoms with Crippen LogP contribution >= 0.6 is 0 Å². The molecule has 1 amide bonds. The number of carbonyl (C=O) groups excluding carboxylic acids is 1. The second kappa shape index (κ2) is 7.26. The second-order valence-corrected chi connectivity index (χ2v) is 8.49. The number of nitrogens with zero attached hydrogens (tertiary/aromatic N) is 1. The molecule has 8 nitrogen and oxygen atoms in total. The van der Waals surface area contributed by atoms with Crippen LogP contribution in [0.4, 0.5) is 0 Å². The second-order valence-electron chi connectivity index (χ2n) is 6.50. The molecule has 1 fully saturated rings. The fourth-order valence-corrected chi connectivity index (χ4v) is 4.03. The third kappa shape index (κ3) is 3.84. The Morgan fingerprint density at radius 3 is 2.62 bits per heavy atom. The van der Waals surface area contributed by atoms with E-state index in [4.69, 9.17) is 8.83 Å². The Kier molecular flexibility index (Phi) is 5.22. The molecule has 1 aliphatic heterocycles. The van der Waals surface area contributed by atoms with Crippen LogP contribution in [0, 0.1) is 5.92 Å². The summed E-state index contributed by atoms with van der Waals surface area (Å²) in [7, 11) is -3.23. The van der Waals surface area contributed by atoms with Gasteiger partial charge < -0.3 is 19.3 Å². The third-order valence-electron chi connectivity index (χ3n) is 4.74. The molecule has 0 unspecified atom stereocenters. The molecule has 2 aromatic rings. The van der Waals surface area contributed by atoms with Gasteiger partial charge in [-0.15, -0.1) is 0 Å². The molecule has 9 heteroatoms. The number of carbonyl (C=O) groups is 1. The van der Waals surface area contributed by atoms with Gasteiger partial charge in [-0.25, -0.2) is 12.7 Å². The van der Waals surface area contributed by atoms with Crippen molar-refractivity contribution >= 4 is 15.9 Å². The predicted octanol–water partition coefficient (Wildman–Crippen LogP) is 0.896. The summed E-state index contributed by atoms with van der Waals surface area (Å²) in [6.45, 7) is 0.563. The number of aliphatic hydroxyl groups is 1. The average molecular weight is 382 g/mol. The summed E-state index contributed by atoms with van der Waals surface area (Å²) in [5.41, 5.74) is -1.07. The summed E-state index contributed by atoms with van der Waals surface area (Å²) in [5.74, 6) is -0.212. The minimum atomic E-state index is -3.23. The van der Waals surface area contributed by atoms with Crippen LogP contribution in [0.2, 0.25) is 0 Å². The minimum Gasteiger partial charge on any atom is -0.472 e. The zero-order valence-corrected chi connectivity index (χ0v) is 15.2. The highest BCUT2D eigenvalue weighted by molar-refractivity contribution is 7.88. The normalized spacial score (nSPS) is 19.2. The van der Waals surface area contributed by atoms with E-state index in [1.807, 2.05) is 0 Å². The lowest BCUT2D eigenvalue weighted by Crippen LogP contribution is -2.46. The minimum absolute atomic E-state index is 0.0782. The van der Waals surface area contributed by atoms with Crippen molar-refractivity contribution in [3.63, 3.8) is 0 Å². The first-order chi connectivity index (χ1) is 12.3. The number of sulfonamides is 1. The van der Waals surface area contributed by atoms with Crippen molar-refractivity contribution in [2.45, 2.75) is 18.4 Å². The summed E-state index contributed by atoms with van der Waals surface area (Å²) in [5, 5.41) is 13.8. The number of furan rings is 2. The molecular formula is C17H22N2O6S. The van der Waals surface area contributed by atoms with Crippen LogP contribution in [0.15, 0.2) is 45.8 Å². The SMILES string of the molecule is CS(=O)(=O)N1CCC(C(=O)NC[C@@](O)(c2ccoc2)c2ccco2)CC1. The standard InChI is InChI=1S/C17H22N2O6S/c1-26(22,23)19-7-4-13(5-8-19)16(20)18-12-17(21,14-6-10-24-11-14)15-3-2-9-25-15/h2-3,6,9-11,13,21H,4-5,7-8,12H2,1H3,(H,18,20)/t17-/m1/s1. The van der Waals surface area contributed by atoms with Gasteiger partial charge in [0.15, 0.2) is 5.60 Å². The monoisotopic (exact) mass is 382 g/mol. The van der Waals surface area contributed by atoms with E-state index in [9.17, 15) is 18.3 Å². The zero-order valence-electron chi connectivity index (χ0n) is 14.4. The van der Waals surface area contributed by atoms with Crippen LogP contribution in [-0.4, -0.2) is 49.6 Å². The maximum Gasteiger partial charge on any atom is 0.223 e. The van der Waals surface area contributed by atoms with Crippen LogP contribution in [0.3, 0.4) is 0 Å². The highest BCUT2D eigenvalue weighted by atomic mass is 32.2. The number of amides is 1. The summed E-state index contributed by atoms with van der Waals surface area (Å²) in [4.78, 5) is 12.5. The van der Waals surface area contributed by atoms with E-state index >= 15 is 0 Å². The molecule has 0 bridgehead atoms. The van der Waals surface area contributed by atoms with E-state index in [0.29, 0.717) is 37.3 Å². The van der Waals surface area contributed by atoms with E-state index in [1.54, 1.807) is 18.2 Å². The molecule has 26 heavy (non-hydrogen) atoms. The Balaban J connectivity index is 1.64. The van der Waals surface area contributed by atoms with E-state index < -0.39 is 15.6 Å². The largest absolute Gasteiger partial charge is 0.472 e. The molecule has 3 heterocycles. The molecule has 0 aliphatic carbocycles. The first kappa shape index (κ1) is 18.7. The van der Waals surface area contributed by atoms with Crippen molar-refractivity contribution in [3.05, 3.63) is 48.3 Å². The lowest BCUT2D eigenvalue weighted by atomic mass is 9.92. The van der Waals surface area contributed by atoms with Crippen LogP contribution < -0.4 is 5.32 Å². The number of piperidine rings is 1. The van der Waals surface area contributed by atoms with Gasteiger partial charge in [0, 0.05) is 24.6 Å². The van der Waals surface area contributed by atoms with Gasteiger partial charge in [-0.2, -0.15) is 0 Å². The summed E-state index contributed by atoms with van der Waals surface area (Å²) in [6, 6.07) is 4.89. The van der Waals surface area contributed by atoms with Crippen molar-refractivity contribution in [2.24, 2.45) is 5.92 Å². The van der Waals surface area contributed by atoms with Crippen LogP contribution in [0.5, 0.6) is 0 Å². The number of hydrogen-bond acceptors (Lipinski definition) is 6. The molecule has 0 radical (unpaired) electrons. The molecule has 1 saturated heterocycles. The smallest absolute Gasteiger partial charge is 0.223 e. The molecule has 0 aromatic carbocycles. The van der Waals surface area contributed by atoms with E-state index in [1.165, 1.54) is 29.4 Å². The van der Waals surface area contributed by atoms with Gasteiger partial charge in [-0.1, -0.05) is 0 Å². The fourth-order valence-electron chi connectivity index (χ4n) is 3.15. The average Bonchev–Trinajstić information content (AvgIpc) is 3.32. The number of hydrogen-bond donors (Lipinski definition) is 2. The topological polar surface area (TPSA) is 113 Å². The molecule has 1 atom stereocenters. The molecule has 0 saturated carbocycles. The van der Waals surface area contributed by atoms with Gasteiger partial charge in [0.25, 0.3) is 0 Å². The Morgan fingerprint density at radius 1 is 1.35 bits per heavy atom. The van der Waals surface area contributed by atoms with Crippen molar-refractivity contribution < 1.29 is 27.2 Å². The highest BCUT2D eigenvalue weighted by Gasteiger charge is 2.37. The lowest BCUT2D eigenvalue weighted by molar-refractivity contribution is -0.127. The molecule has 1 aliphatic rings. The highest BCUT2D eigenvalue weighted by Crippen LogP contribution is 2.30. The van der Waals surface area contributed by atoms with Gasteiger partial charge in [0.05, 0.1) is 31.6 Å². The van der Waals surface area contributed by atoms with Gasteiger partial charge in [0.2, 0.25) is 15.9 Å². The van der Waals surface area contributed by atoms with Crippen molar-refractivity contribution in [3.8, 4) is 0 Å². The Labute approximate surface area is 151 Å². The van der Waals surface area contributed by atoms with Gasteiger partial charge >= 0.3 is 0 Å². The van der Waals surface area contributed by atoms with Crippen molar-refractivity contribution in [1.82, 2.24) is 9.62 Å². The number of nitrogens with one attached hydrogen (secondary N) is 1. The van der Waals surface area contributed by atoms with E-state index in [-0.39, 0.29) is 18.4 Å². The first-order valence-corrected chi connectivity index (χ1v) is 10.2. The lowest BCUT2D eigenvalue weighted by Gasteiger charge is -2.31. The summed E-state index contributed by atoms with van der Waals surface area (Å²) >= 11 is 0. The molecule has 3 rings (SSSR count). The zero-order chi connectivity index (χ0) is 18.8. The number of rotatable bonds is 6. The Morgan fingerprint density at radius 2 is 2.08 bits per heavy atom. The third-order valence-corrected chi connectivity index (χ3v) is 6.04. The molecule has 142 valence electrons. The molecular weight excluding hydrogens is 360 g/mol. The van der Waals surface area contributed by atoms with E-state index in [0.717, 1.165) is 0 Å². The fraction of sp³-hybridized carbons (Fsp3) is 0.471. The Bertz CT molecular complexity index is 786. The predicted molar refractivity (Wildman–Crippen MR) is 92.6 cm³/mol. The van der Waals surface area contributed by atoms with Gasteiger partial charge in [-0.05, 0) is 31.0 Å². The maximum absolute atomic E-state index is 12.5. The van der Waals surface area contributed by atoms with E-state index in [2.05, 4.69) is 5.32 Å².